The van der Waals surface area contributed by atoms with Crippen LogP contribution in [0, 0.1) is 0 Å². The Morgan fingerprint density at radius 1 is 1.11 bits per heavy atom. The van der Waals surface area contributed by atoms with Crippen molar-refractivity contribution in [2.75, 3.05) is 20.2 Å². The van der Waals surface area contributed by atoms with Gasteiger partial charge in [-0.2, -0.15) is 0 Å². The van der Waals surface area contributed by atoms with Crippen LogP contribution in [0.1, 0.15) is 61.8 Å². The Balaban J connectivity index is 1.45. The zero-order valence-corrected chi connectivity index (χ0v) is 17.4. The average molecular weight is 377 g/mol. The number of nitrogens with zero attached hydrogens (tertiary/aromatic N) is 1. The molecule has 0 spiro atoms. The van der Waals surface area contributed by atoms with E-state index in [2.05, 4.69) is 72.4 Å². The Hall–Kier alpha value is -2.26. The number of piperidine rings is 1. The summed E-state index contributed by atoms with van der Waals surface area (Å²) in [6.07, 6.45) is 7.08. The van der Waals surface area contributed by atoms with Gasteiger partial charge in [-0.15, -0.1) is 0 Å². The lowest BCUT2D eigenvalue weighted by Gasteiger charge is -2.36. The summed E-state index contributed by atoms with van der Waals surface area (Å²) in [5.41, 5.74) is 5.63. The van der Waals surface area contributed by atoms with Crippen LogP contribution in [-0.2, 0) is 6.42 Å². The van der Waals surface area contributed by atoms with Crippen LogP contribution in [0.4, 0.5) is 0 Å². The lowest BCUT2D eigenvalue weighted by atomic mass is 9.88. The van der Waals surface area contributed by atoms with Crippen LogP contribution in [0.15, 0.2) is 48.7 Å². The quantitative estimate of drug-likeness (QED) is 0.565. The number of aromatic nitrogens is 1. The maximum absolute atomic E-state index is 5.29. The lowest BCUT2D eigenvalue weighted by molar-refractivity contribution is 0.162. The molecule has 0 radical (unpaired) electrons. The van der Waals surface area contributed by atoms with Crippen molar-refractivity contribution in [1.29, 1.82) is 0 Å². The Morgan fingerprint density at radius 2 is 1.86 bits per heavy atom. The van der Waals surface area contributed by atoms with E-state index in [-0.39, 0.29) is 0 Å². The summed E-state index contributed by atoms with van der Waals surface area (Å²) in [6, 6.07) is 15.9. The van der Waals surface area contributed by atoms with Crippen LogP contribution in [-0.4, -0.2) is 30.1 Å². The van der Waals surface area contributed by atoms with Gasteiger partial charge < -0.3 is 9.72 Å². The minimum atomic E-state index is 0.450. The molecule has 3 nitrogen and oxygen atoms in total. The van der Waals surface area contributed by atoms with Crippen LogP contribution >= 0.6 is 0 Å². The van der Waals surface area contributed by atoms with Gasteiger partial charge in [-0.25, -0.2) is 0 Å². The van der Waals surface area contributed by atoms with Gasteiger partial charge in [-0.1, -0.05) is 31.5 Å². The first-order chi connectivity index (χ1) is 13.7. The third kappa shape index (κ3) is 3.81. The molecule has 4 rings (SSSR count). The summed E-state index contributed by atoms with van der Waals surface area (Å²) in [7, 11) is 1.72. The molecule has 0 amide bonds. The Labute approximate surface area is 168 Å². The number of benzene rings is 2. The first kappa shape index (κ1) is 19.1. The number of fused-ring (bicyclic) bond motifs is 1. The van der Waals surface area contributed by atoms with E-state index >= 15 is 0 Å². The summed E-state index contributed by atoms with van der Waals surface area (Å²) < 4.78 is 5.29. The van der Waals surface area contributed by atoms with Crippen molar-refractivity contribution in [3.63, 3.8) is 0 Å². The monoisotopic (exact) mass is 376 g/mol. The third-order valence-corrected chi connectivity index (χ3v) is 6.43. The molecule has 1 aliphatic rings. The fourth-order valence-corrected chi connectivity index (χ4v) is 4.66. The van der Waals surface area contributed by atoms with Crippen molar-refractivity contribution in [2.24, 2.45) is 0 Å². The Kier molecular flexibility index (Phi) is 5.72. The number of hydrogen-bond acceptors (Lipinski definition) is 2. The molecule has 1 aliphatic heterocycles. The summed E-state index contributed by atoms with van der Waals surface area (Å²) in [6.45, 7) is 6.88. The van der Waals surface area contributed by atoms with Crippen LogP contribution in [0.2, 0.25) is 0 Å². The summed E-state index contributed by atoms with van der Waals surface area (Å²) in [5.74, 6) is 1.58. The maximum atomic E-state index is 5.29. The van der Waals surface area contributed by atoms with Crippen LogP contribution in [0.5, 0.6) is 5.75 Å². The molecule has 3 aromatic rings. The highest BCUT2D eigenvalue weighted by Crippen LogP contribution is 2.36. The molecular weight excluding hydrogens is 344 g/mol. The molecule has 1 N–H and O–H groups in total. The first-order valence-corrected chi connectivity index (χ1v) is 10.7. The van der Waals surface area contributed by atoms with Gasteiger partial charge in [0.15, 0.2) is 0 Å². The van der Waals surface area contributed by atoms with Gasteiger partial charge in [0.05, 0.1) is 7.11 Å². The summed E-state index contributed by atoms with van der Waals surface area (Å²) in [5, 5.41) is 1.44. The SMILES string of the molecule is CCCc1ccc2[nH]cc(C3CCN(C(C)c4ccc(OC)cc4)CC3)c2c1. The van der Waals surface area contributed by atoms with E-state index in [4.69, 9.17) is 4.74 Å². The number of hydrogen-bond donors (Lipinski definition) is 1. The van der Waals surface area contributed by atoms with Gasteiger partial charge in [0.1, 0.15) is 5.75 Å². The topological polar surface area (TPSA) is 28.3 Å². The predicted molar refractivity (Wildman–Crippen MR) is 117 cm³/mol. The van der Waals surface area contributed by atoms with E-state index in [0.717, 1.165) is 18.8 Å². The van der Waals surface area contributed by atoms with E-state index in [1.165, 1.54) is 53.3 Å². The van der Waals surface area contributed by atoms with Gasteiger partial charge in [0.25, 0.3) is 0 Å². The molecule has 148 valence electrons. The molecule has 2 heterocycles. The lowest BCUT2D eigenvalue weighted by Crippen LogP contribution is -2.35. The van der Waals surface area contributed by atoms with Gasteiger partial charge in [0.2, 0.25) is 0 Å². The number of H-pyrrole nitrogens is 1. The Morgan fingerprint density at radius 3 is 2.54 bits per heavy atom. The second kappa shape index (κ2) is 8.40. The predicted octanol–water partition coefficient (Wildman–Crippen LogP) is 6.07. The second-order valence-corrected chi connectivity index (χ2v) is 8.13. The van der Waals surface area contributed by atoms with Crippen molar-refractivity contribution >= 4 is 10.9 Å². The fraction of sp³-hybridized carbons (Fsp3) is 0.440. The Bertz CT molecular complexity index is 904. The summed E-state index contributed by atoms with van der Waals surface area (Å²) >= 11 is 0. The molecule has 1 aromatic heterocycles. The van der Waals surface area contributed by atoms with E-state index in [1.54, 1.807) is 7.11 Å². The number of likely N-dealkylation sites (tertiary alicyclic amines) is 1. The standard InChI is InChI=1S/C25H32N2O/c1-4-5-19-6-11-25-23(16-19)24(17-26-25)21-12-14-27(15-13-21)18(2)20-7-9-22(28-3)10-8-20/h6-11,16-18,21,26H,4-5,12-15H2,1-3H3. The molecule has 1 atom stereocenters. The van der Waals surface area contributed by atoms with Crippen molar-refractivity contribution in [1.82, 2.24) is 9.88 Å². The van der Waals surface area contributed by atoms with Crippen LogP contribution in [0.3, 0.4) is 0 Å². The van der Waals surface area contributed by atoms with E-state index in [1.807, 2.05) is 0 Å². The minimum Gasteiger partial charge on any atom is -0.497 e. The molecule has 2 aromatic carbocycles. The third-order valence-electron chi connectivity index (χ3n) is 6.43. The molecule has 1 fully saturated rings. The second-order valence-electron chi connectivity index (χ2n) is 8.13. The van der Waals surface area contributed by atoms with Crippen molar-refractivity contribution in [3.8, 4) is 5.75 Å². The van der Waals surface area contributed by atoms with Gasteiger partial charge in [-0.05, 0) is 86.1 Å². The number of aryl methyl sites for hydroxylation is 1. The van der Waals surface area contributed by atoms with Crippen molar-refractivity contribution in [2.45, 2.75) is 51.5 Å². The fourth-order valence-electron chi connectivity index (χ4n) is 4.66. The minimum absolute atomic E-state index is 0.450. The van der Waals surface area contributed by atoms with Gasteiger partial charge >= 0.3 is 0 Å². The number of aromatic amines is 1. The number of ether oxygens (including phenoxy) is 1. The molecule has 1 saturated heterocycles. The molecule has 1 unspecified atom stereocenters. The molecule has 0 saturated carbocycles. The highest BCUT2D eigenvalue weighted by molar-refractivity contribution is 5.84. The van der Waals surface area contributed by atoms with Gasteiger partial charge in [0, 0.05) is 23.1 Å². The van der Waals surface area contributed by atoms with Gasteiger partial charge in [-0.3, -0.25) is 4.90 Å². The highest BCUT2D eigenvalue weighted by Gasteiger charge is 2.26. The molecule has 28 heavy (non-hydrogen) atoms. The molecular formula is C25H32N2O. The number of rotatable bonds is 6. The smallest absolute Gasteiger partial charge is 0.118 e. The molecule has 0 aliphatic carbocycles. The van der Waals surface area contributed by atoms with Crippen molar-refractivity contribution in [3.05, 3.63) is 65.4 Å². The zero-order chi connectivity index (χ0) is 19.5. The van der Waals surface area contributed by atoms with Crippen LogP contribution in [0.25, 0.3) is 10.9 Å². The summed E-state index contributed by atoms with van der Waals surface area (Å²) in [4.78, 5) is 6.12. The van der Waals surface area contributed by atoms with Crippen molar-refractivity contribution < 1.29 is 4.74 Å². The normalized spacial score (nSPS) is 17.1. The molecule has 0 bridgehead atoms. The van der Waals surface area contributed by atoms with E-state index < -0.39 is 0 Å². The number of methoxy groups -OCH3 is 1. The largest absolute Gasteiger partial charge is 0.497 e. The zero-order valence-electron chi connectivity index (χ0n) is 17.4. The first-order valence-electron chi connectivity index (χ1n) is 10.7. The average Bonchev–Trinajstić information content (AvgIpc) is 3.17. The van der Waals surface area contributed by atoms with E-state index in [0.29, 0.717) is 12.0 Å². The van der Waals surface area contributed by atoms with E-state index in [9.17, 15) is 0 Å². The highest BCUT2D eigenvalue weighted by atomic mass is 16.5. The number of nitrogens with one attached hydrogen (secondary N) is 1. The van der Waals surface area contributed by atoms with Crippen LogP contribution < -0.4 is 4.74 Å². The molecule has 3 heteroatoms. The maximum Gasteiger partial charge on any atom is 0.118 e.